The number of hydrogen-bond acceptors (Lipinski definition) is 3. The summed E-state index contributed by atoms with van der Waals surface area (Å²) in [5.74, 6) is -1.16. The first-order valence-electron chi connectivity index (χ1n) is 9.24. The Morgan fingerprint density at radius 2 is 1.63 bits per heavy atom. The van der Waals surface area contributed by atoms with Gasteiger partial charge in [0.25, 0.3) is 5.91 Å². The minimum absolute atomic E-state index is 0. The van der Waals surface area contributed by atoms with E-state index in [0.717, 1.165) is 25.3 Å². The molecule has 1 saturated heterocycles. The minimum Gasteiger partial charge on any atom is -0.339 e. The first-order chi connectivity index (χ1) is 12.5. The van der Waals surface area contributed by atoms with Crippen LogP contribution in [-0.4, -0.2) is 53.8 Å². The van der Waals surface area contributed by atoms with Crippen molar-refractivity contribution in [3.63, 3.8) is 0 Å². The molecule has 0 radical (unpaired) electrons. The highest BCUT2D eigenvalue weighted by Gasteiger charge is 2.50. The minimum atomic E-state index is -0.860. The van der Waals surface area contributed by atoms with Crippen LogP contribution < -0.4 is 5.73 Å². The first-order valence-corrected chi connectivity index (χ1v) is 9.24. The molecule has 148 valence electrons. The smallest absolute Gasteiger partial charge is 0.256 e. The van der Waals surface area contributed by atoms with Crippen LogP contribution in [0, 0.1) is 29.4 Å². The molecule has 2 bridgehead atoms. The average Bonchev–Trinajstić information content (AvgIpc) is 3.22. The van der Waals surface area contributed by atoms with E-state index in [4.69, 9.17) is 5.73 Å². The van der Waals surface area contributed by atoms with Crippen LogP contribution in [0.3, 0.4) is 0 Å². The van der Waals surface area contributed by atoms with Gasteiger partial charge in [-0.15, -0.1) is 12.4 Å². The molecule has 4 unspecified atom stereocenters. The maximum absolute atomic E-state index is 13.8. The fourth-order valence-corrected chi connectivity index (χ4v) is 4.88. The Balaban J connectivity index is 0.00000210. The van der Waals surface area contributed by atoms with Gasteiger partial charge in [-0.1, -0.05) is 0 Å². The summed E-state index contributed by atoms with van der Waals surface area (Å²) in [4.78, 5) is 28.6. The molecule has 1 aromatic carbocycles. The highest BCUT2D eigenvalue weighted by molar-refractivity contribution is 5.94. The Labute approximate surface area is 163 Å². The van der Waals surface area contributed by atoms with Gasteiger partial charge in [0.05, 0.1) is 11.5 Å². The predicted octanol–water partition coefficient (Wildman–Crippen LogP) is 2.04. The molecule has 27 heavy (non-hydrogen) atoms. The lowest BCUT2D eigenvalue weighted by Gasteiger charge is -2.38. The molecule has 3 aliphatic rings. The summed E-state index contributed by atoms with van der Waals surface area (Å²) in [7, 11) is 0. The number of piperazine rings is 1. The van der Waals surface area contributed by atoms with Crippen LogP contribution in [0.4, 0.5) is 8.78 Å². The Hall–Kier alpha value is -1.73. The zero-order chi connectivity index (χ0) is 18.4. The Bertz CT molecular complexity index is 738. The number of nitrogens with two attached hydrogens (primary N) is 1. The van der Waals surface area contributed by atoms with Gasteiger partial charge in [-0.2, -0.15) is 0 Å². The van der Waals surface area contributed by atoms with Crippen molar-refractivity contribution in [2.24, 2.45) is 23.5 Å². The summed E-state index contributed by atoms with van der Waals surface area (Å²) in [6.07, 6.45) is 3.26. The maximum Gasteiger partial charge on any atom is 0.256 e. The molecule has 1 heterocycles. The molecule has 3 fully saturated rings. The second-order valence-corrected chi connectivity index (χ2v) is 7.68. The number of nitrogens with zero attached hydrogens (tertiary/aromatic N) is 2. The van der Waals surface area contributed by atoms with Gasteiger partial charge in [-0.25, -0.2) is 8.78 Å². The van der Waals surface area contributed by atoms with Crippen molar-refractivity contribution in [2.45, 2.75) is 25.3 Å². The van der Waals surface area contributed by atoms with Crippen LogP contribution >= 0.6 is 12.4 Å². The van der Waals surface area contributed by atoms with Gasteiger partial charge in [0.15, 0.2) is 0 Å². The monoisotopic (exact) mass is 399 g/mol. The molecule has 0 spiro atoms. The predicted molar refractivity (Wildman–Crippen MR) is 98.4 cm³/mol. The van der Waals surface area contributed by atoms with E-state index < -0.39 is 17.5 Å². The molecule has 0 aromatic heterocycles. The lowest BCUT2D eigenvalue weighted by Crippen LogP contribution is -2.54. The van der Waals surface area contributed by atoms with E-state index >= 15 is 0 Å². The Morgan fingerprint density at radius 3 is 2.22 bits per heavy atom. The van der Waals surface area contributed by atoms with Gasteiger partial charge in [-0.05, 0) is 43.2 Å². The highest BCUT2D eigenvalue weighted by atomic mass is 35.5. The highest BCUT2D eigenvalue weighted by Crippen LogP contribution is 2.48. The standard InChI is InChI=1S/C19H23F2N3O2.ClH/c20-13-3-4-14(15(21)10-13)18(25)23-5-7-24(8-6-23)19(26)16-11-1-2-12(9-11)17(16)22;/h3-4,10-12,16-17H,1-2,5-9,22H2;1H. The van der Waals surface area contributed by atoms with Crippen LogP contribution in [0.5, 0.6) is 0 Å². The van der Waals surface area contributed by atoms with Crippen LogP contribution in [0.15, 0.2) is 18.2 Å². The van der Waals surface area contributed by atoms with Crippen molar-refractivity contribution >= 4 is 24.2 Å². The van der Waals surface area contributed by atoms with E-state index in [0.29, 0.717) is 44.1 Å². The Morgan fingerprint density at radius 1 is 1.00 bits per heavy atom. The van der Waals surface area contributed by atoms with Crippen molar-refractivity contribution in [3.8, 4) is 0 Å². The summed E-state index contributed by atoms with van der Waals surface area (Å²) >= 11 is 0. The number of amides is 2. The number of fused-ring (bicyclic) bond motifs is 2. The summed E-state index contributed by atoms with van der Waals surface area (Å²) in [6.45, 7) is 1.54. The lowest BCUT2D eigenvalue weighted by molar-refractivity contribution is -0.139. The molecule has 2 saturated carbocycles. The zero-order valence-corrected chi connectivity index (χ0v) is 15.8. The summed E-state index contributed by atoms with van der Waals surface area (Å²) in [5.41, 5.74) is 6.13. The number of carbonyl (C=O) groups excluding carboxylic acids is 2. The van der Waals surface area contributed by atoms with Gasteiger partial charge in [0, 0.05) is 38.3 Å². The zero-order valence-electron chi connectivity index (χ0n) is 14.9. The lowest BCUT2D eigenvalue weighted by atomic mass is 9.84. The van der Waals surface area contributed by atoms with E-state index in [-0.39, 0.29) is 35.8 Å². The van der Waals surface area contributed by atoms with E-state index in [9.17, 15) is 18.4 Å². The summed E-state index contributed by atoms with van der Waals surface area (Å²) in [6, 6.07) is 2.91. The van der Waals surface area contributed by atoms with Crippen LogP contribution in [0.2, 0.25) is 0 Å². The topological polar surface area (TPSA) is 66.6 Å². The van der Waals surface area contributed by atoms with Crippen molar-refractivity contribution in [3.05, 3.63) is 35.4 Å². The summed E-state index contributed by atoms with van der Waals surface area (Å²) < 4.78 is 26.8. The van der Waals surface area contributed by atoms with E-state index in [1.165, 1.54) is 11.0 Å². The molecule has 1 aromatic rings. The van der Waals surface area contributed by atoms with Crippen LogP contribution in [0.25, 0.3) is 0 Å². The fourth-order valence-electron chi connectivity index (χ4n) is 4.88. The third-order valence-corrected chi connectivity index (χ3v) is 6.31. The maximum atomic E-state index is 13.8. The van der Waals surface area contributed by atoms with Crippen molar-refractivity contribution in [1.29, 1.82) is 0 Å². The first kappa shape index (κ1) is 20.0. The molecule has 2 aliphatic carbocycles. The number of carbonyl (C=O) groups is 2. The molecule has 8 heteroatoms. The third kappa shape index (κ3) is 3.55. The number of benzene rings is 1. The molecule has 2 amide bonds. The largest absolute Gasteiger partial charge is 0.339 e. The average molecular weight is 400 g/mol. The molecular formula is C19H24ClF2N3O2. The molecule has 5 nitrogen and oxygen atoms in total. The second kappa shape index (κ2) is 7.72. The number of rotatable bonds is 2. The van der Waals surface area contributed by atoms with E-state index in [2.05, 4.69) is 0 Å². The van der Waals surface area contributed by atoms with Crippen LogP contribution in [0.1, 0.15) is 29.6 Å². The van der Waals surface area contributed by atoms with Crippen LogP contribution in [-0.2, 0) is 4.79 Å². The van der Waals surface area contributed by atoms with Gasteiger partial charge >= 0.3 is 0 Å². The van der Waals surface area contributed by atoms with Crippen molar-refractivity contribution in [1.82, 2.24) is 9.80 Å². The van der Waals surface area contributed by atoms with Gasteiger partial charge in [-0.3, -0.25) is 9.59 Å². The Kier molecular flexibility index (Phi) is 5.72. The van der Waals surface area contributed by atoms with E-state index in [1.807, 2.05) is 0 Å². The molecule has 4 rings (SSSR count). The molecule has 1 aliphatic heterocycles. The van der Waals surface area contributed by atoms with Gasteiger partial charge in [0.1, 0.15) is 11.6 Å². The van der Waals surface area contributed by atoms with Gasteiger partial charge in [0.2, 0.25) is 5.91 Å². The normalized spacial score (nSPS) is 29.6. The number of halogens is 3. The van der Waals surface area contributed by atoms with Gasteiger partial charge < -0.3 is 15.5 Å². The SMILES string of the molecule is Cl.NC1C2CCC(C2)C1C(=O)N1CCN(C(=O)c2ccc(F)cc2F)CC1. The second-order valence-electron chi connectivity index (χ2n) is 7.68. The molecule has 4 atom stereocenters. The van der Waals surface area contributed by atoms with Crippen molar-refractivity contribution < 1.29 is 18.4 Å². The number of hydrogen-bond donors (Lipinski definition) is 1. The van der Waals surface area contributed by atoms with E-state index in [1.54, 1.807) is 4.90 Å². The fraction of sp³-hybridized carbons (Fsp3) is 0.579. The third-order valence-electron chi connectivity index (χ3n) is 6.31. The summed E-state index contributed by atoms with van der Waals surface area (Å²) in [5, 5.41) is 0. The molecular weight excluding hydrogens is 376 g/mol. The quantitative estimate of drug-likeness (QED) is 0.827. The van der Waals surface area contributed by atoms with Crippen molar-refractivity contribution in [2.75, 3.05) is 26.2 Å². The molecule has 2 N–H and O–H groups in total.